The van der Waals surface area contributed by atoms with Crippen LogP contribution in [0.15, 0.2) is 36.5 Å². The van der Waals surface area contributed by atoms with Gasteiger partial charge in [0.05, 0.1) is 88.4 Å². The second-order valence-electron chi connectivity index (χ2n) is 15.5. The molecule has 0 bridgehead atoms. The fraction of sp³-hybridized carbons (Fsp3) is 0.512. The highest BCUT2D eigenvalue weighted by atomic mass is 35.5. The van der Waals surface area contributed by atoms with Crippen LogP contribution in [-0.2, 0) is 38.1 Å². The summed E-state index contributed by atoms with van der Waals surface area (Å²) in [7, 11) is 0. The van der Waals surface area contributed by atoms with Gasteiger partial charge < -0.3 is 54.8 Å². The molecule has 22 heteroatoms. The summed E-state index contributed by atoms with van der Waals surface area (Å²) in [5, 5.41) is 5.29. The number of nitrogens with two attached hydrogens (primary N) is 2. The molecule has 2 fully saturated rings. The molecule has 0 aliphatic carbocycles. The first kappa shape index (κ1) is 49.2. The van der Waals surface area contributed by atoms with E-state index in [4.69, 9.17) is 67.8 Å². The van der Waals surface area contributed by atoms with E-state index < -0.39 is 42.2 Å². The van der Waals surface area contributed by atoms with Gasteiger partial charge in [-0.05, 0) is 50.5 Å². The van der Waals surface area contributed by atoms with Crippen LogP contribution in [0.5, 0.6) is 11.5 Å². The number of nitrogen functional groups attached to an aromatic ring is 1. The lowest BCUT2D eigenvalue weighted by atomic mass is 9.91. The number of carbonyl (C=O) groups excluding carboxylic acids is 5. The summed E-state index contributed by atoms with van der Waals surface area (Å²) in [6.45, 7) is 7.07. The molecule has 5 amide bonds. The maximum absolute atomic E-state index is 13.2. The fourth-order valence-corrected chi connectivity index (χ4v) is 7.54. The zero-order chi connectivity index (χ0) is 46.3. The maximum Gasteiger partial charge on any atom is 0.266 e. The number of imide groups is 2. The van der Waals surface area contributed by atoms with Gasteiger partial charge in [-0.3, -0.25) is 34.2 Å². The van der Waals surface area contributed by atoms with Gasteiger partial charge in [-0.1, -0.05) is 29.3 Å². The predicted molar refractivity (Wildman–Crippen MR) is 237 cm³/mol. The van der Waals surface area contributed by atoms with E-state index in [1.54, 1.807) is 18.3 Å². The van der Waals surface area contributed by atoms with Gasteiger partial charge in [-0.25, -0.2) is 9.97 Å². The Kier molecular flexibility index (Phi) is 18.1. The number of aromatic nitrogens is 2. The van der Waals surface area contributed by atoms with Gasteiger partial charge in [0.25, 0.3) is 17.7 Å². The molecule has 1 unspecified atom stereocenters. The zero-order valence-electron chi connectivity index (χ0n) is 36.1. The van der Waals surface area contributed by atoms with E-state index in [2.05, 4.69) is 32.4 Å². The summed E-state index contributed by atoms with van der Waals surface area (Å²) in [5.41, 5.74) is 13.4. The lowest BCUT2D eigenvalue weighted by Crippen LogP contribution is -2.54. The van der Waals surface area contributed by atoms with E-state index in [1.165, 1.54) is 18.2 Å². The van der Waals surface area contributed by atoms with Crippen molar-refractivity contribution in [3.8, 4) is 22.8 Å². The highest BCUT2D eigenvalue weighted by molar-refractivity contribution is 6.44. The topological polar surface area (TPSA) is 258 Å². The molecule has 20 nitrogen and oxygen atoms in total. The monoisotopic (exact) mass is 944 g/mol. The number of benzene rings is 2. The Balaban J connectivity index is 0.730. The highest BCUT2D eigenvalue weighted by Gasteiger charge is 2.46. The minimum Gasteiger partial charge on any atom is -0.490 e. The number of carbonyl (C=O) groups is 5. The van der Waals surface area contributed by atoms with E-state index in [9.17, 15) is 24.0 Å². The number of piperidine rings is 2. The number of anilines is 2. The van der Waals surface area contributed by atoms with E-state index in [-0.39, 0.29) is 70.9 Å². The quantitative estimate of drug-likeness (QED) is 0.0702. The zero-order valence-corrected chi connectivity index (χ0v) is 37.6. The van der Waals surface area contributed by atoms with Crippen LogP contribution in [0.3, 0.4) is 0 Å². The van der Waals surface area contributed by atoms with Crippen LogP contribution < -0.4 is 36.5 Å². The van der Waals surface area contributed by atoms with Gasteiger partial charge >= 0.3 is 0 Å². The molecule has 352 valence electrons. The van der Waals surface area contributed by atoms with Crippen LogP contribution in [-0.4, -0.2) is 155 Å². The Hall–Kier alpha value is -5.19. The Morgan fingerprint density at radius 3 is 2.08 bits per heavy atom. The van der Waals surface area contributed by atoms with Gasteiger partial charge in [-0.15, -0.1) is 0 Å². The van der Waals surface area contributed by atoms with E-state index in [0.29, 0.717) is 82.3 Å². The van der Waals surface area contributed by atoms with E-state index in [0.717, 1.165) is 30.8 Å². The third-order valence-electron chi connectivity index (χ3n) is 10.6. The number of fused-ring (bicyclic) bond motifs is 1. The minimum atomic E-state index is -1.11. The molecule has 4 heterocycles. The third kappa shape index (κ3) is 13.4. The van der Waals surface area contributed by atoms with Crippen LogP contribution in [0.1, 0.15) is 53.3 Å². The average molecular weight is 946 g/mol. The molecule has 6 N–H and O–H groups in total. The molecular formula is C43H54Cl2N8O12. The number of hydrogen-bond donors (Lipinski definition) is 4. The molecule has 0 radical (unpaired) electrons. The second-order valence-corrected chi connectivity index (χ2v) is 16.3. The van der Waals surface area contributed by atoms with Crippen LogP contribution in [0.25, 0.3) is 11.3 Å². The Morgan fingerprint density at radius 2 is 1.45 bits per heavy atom. The first-order chi connectivity index (χ1) is 31.3. The molecule has 2 saturated heterocycles. The molecule has 3 aliphatic rings. The minimum absolute atomic E-state index is 0.00408. The van der Waals surface area contributed by atoms with Crippen molar-refractivity contribution in [1.82, 2.24) is 25.5 Å². The number of nitrogens with one attached hydrogen (secondary N) is 2. The number of halogens is 2. The fourth-order valence-electron chi connectivity index (χ4n) is 7.08. The lowest BCUT2D eigenvalue weighted by Gasteiger charge is -2.37. The smallest absolute Gasteiger partial charge is 0.266 e. The second kappa shape index (κ2) is 23.8. The SMILES string of the molecule is CC1(N)CCN(c2cnc(-c3ccc(OCCOCCOCCOCCOCCOCCNC(=O)COc4cccc5c4C(=O)N(C4CCC(=O)NC4=O)C5=O)c(Cl)c3Cl)c(N)n2)CC1. The van der Waals surface area contributed by atoms with Crippen molar-refractivity contribution in [2.75, 3.05) is 110 Å². The van der Waals surface area contributed by atoms with E-state index in [1.807, 2.05) is 0 Å². The summed E-state index contributed by atoms with van der Waals surface area (Å²) in [6.07, 6.45) is 3.42. The first-order valence-corrected chi connectivity index (χ1v) is 22.0. The van der Waals surface area contributed by atoms with Crippen LogP contribution in [0, 0.1) is 0 Å². The molecule has 1 atom stereocenters. The predicted octanol–water partition coefficient (Wildman–Crippen LogP) is 2.41. The third-order valence-corrected chi connectivity index (χ3v) is 11.5. The van der Waals surface area contributed by atoms with Crippen molar-refractivity contribution in [2.24, 2.45) is 5.73 Å². The number of ether oxygens (including phenoxy) is 7. The highest BCUT2D eigenvalue weighted by Crippen LogP contribution is 2.41. The molecule has 1 aromatic heterocycles. The number of rotatable bonds is 25. The van der Waals surface area contributed by atoms with Crippen LogP contribution in [0.4, 0.5) is 11.6 Å². The van der Waals surface area contributed by atoms with Gasteiger partial charge in [0.2, 0.25) is 11.8 Å². The summed E-state index contributed by atoms with van der Waals surface area (Å²) >= 11 is 13.1. The maximum atomic E-state index is 13.2. The van der Waals surface area contributed by atoms with Gasteiger partial charge in [0, 0.05) is 37.2 Å². The summed E-state index contributed by atoms with van der Waals surface area (Å²) in [6, 6.07) is 6.76. The summed E-state index contributed by atoms with van der Waals surface area (Å²) < 4.78 is 39.0. The number of nitrogens with zero attached hydrogens (tertiary/aromatic N) is 4. The molecule has 3 aromatic rings. The van der Waals surface area contributed by atoms with Crippen molar-refractivity contribution in [3.63, 3.8) is 0 Å². The summed E-state index contributed by atoms with van der Waals surface area (Å²) in [5.74, 6) is -1.66. The standard InChI is InChI=1S/C43H54Cl2N8O12/c1-43(47)9-12-52(13-10-43)32-25-49-38(39(46)50-32)28-5-7-31(37(45)36(28)44)64-24-23-63-22-21-62-20-19-61-18-17-60-16-15-59-14-11-48-34(55)26-65-30-4-2-3-27-35(30)42(58)53(41(27)57)29-6-8-33(54)51-40(29)56/h2-5,7,25,29H,6,8-24,26,47H2,1H3,(H2,46,50)(H,48,55)(H,51,54,56). The molecule has 2 aromatic carbocycles. The molecule has 3 aliphatic heterocycles. The number of amides is 5. The molecule has 6 rings (SSSR count). The van der Waals surface area contributed by atoms with Crippen LogP contribution in [0.2, 0.25) is 10.0 Å². The van der Waals surface area contributed by atoms with Crippen molar-refractivity contribution in [3.05, 3.63) is 57.7 Å². The van der Waals surface area contributed by atoms with E-state index >= 15 is 0 Å². The lowest BCUT2D eigenvalue weighted by molar-refractivity contribution is -0.136. The molecular weight excluding hydrogens is 891 g/mol. The Labute approximate surface area is 385 Å². The molecule has 0 spiro atoms. The largest absolute Gasteiger partial charge is 0.490 e. The first-order valence-electron chi connectivity index (χ1n) is 21.2. The van der Waals surface area contributed by atoms with Crippen molar-refractivity contribution >= 4 is 64.4 Å². The molecule has 0 saturated carbocycles. The average Bonchev–Trinajstić information content (AvgIpc) is 3.53. The normalized spacial score (nSPS) is 17.0. The Bertz CT molecular complexity index is 2170. The van der Waals surface area contributed by atoms with Crippen molar-refractivity contribution < 1.29 is 57.1 Å². The van der Waals surface area contributed by atoms with Gasteiger partial charge in [0.1, 0.15) is 40.7 Å². The van der Waals surface area contributed by atoms with Crippen molar-refractivity contribution in [1.29, 1.82) is 0 Å². The van der Waals surface area contributed by atoms with Gasteiger partial charge in [0.15, 0.2) is 12.4 Å². The Morgan fingerprint density at radius 1 is 0.815 bits per heavy atom. The molecule has 65 heavy (non-hydrogen) atoms. The van der Waals surface area contributed by atoms with Crippen molar-refractivity contribution in [2.45, 2.75) is 44.2 Å². The number of hydrogen-bond acceptors (Lipinski definition) is 17. The summed E-state index contributed by atoms with van der Waals surface area (Å²) in [4.78, 5) is 74.4. The van der Waals surface area contributed by atoms with Gasteiger partial charge in [-0.2, -0.15) is 0 Å². The van der Waals surface area contributed by atoms with Crippen LogP contribution >= 0.6 is 23.2 Å².